The van der Waals surface area contributed by atoms with Gasteiger partial charge >= 0.3 is 0 Å². The molecule has 0 unspecified atom stereocenters. The standard InChI is InChI=1S/C11H16N6S/c1-7-8(18-6-14-7)5-17(3)10-4-9(13-2)15-11(12)16-10/h4,6H,5H2,1-3H3,(H3,12,13,15,16). The van der Waals surface area contributed by atoms with Crippen molar-refractivity contribution in [1.82, 2.24) is 15.0 Å². The number of aromatic nitrogens is 3. The highest BCUT2D eigenvalue weighted by atomic mass is 32.1. The van der Waals surface area contributed by atoms with E-state index < -0.39 is 0 Å². The summed E-state index contributed by atoms with van der Waals surface area (Å²) in [7, 11) is 3.78. The fourth-order valence-corrected chi connectivity index (χ4v) is 2.38. The Hall–Kier alpha value is -1.89. The number of nitrogen functional groups attached to an aromatic ring is 1. The van der Waals surface area contributed by atoms with Crippen molar-refractivity contribution in [2.75, 3.05) is 30.0 Å². The quantitative estimate of drug-likeness (QED) is 0.871. The molecule has 18 heavy (non-hydrogen) atoms. The molecule has 0 radical (unpaired) electrons. The molecular formula is C11H16N6S. The highest BCUT2D eigenvalue weighted by Crippen LogP contribution is 2.20. The minimum absolute atomic E-state index is 0.268. The number of hydrogen-bond donors (Lipinski definition) is 2. The van der Waals surface area contributed by atoms with E-state index in [0.717, 1.165) is 18.1 Å². The second-order valence-corrected chi connectivity index (χ2v) is 4.88. The van der Waals surface area contributed by atoms with E-state index in [0.29, 0.717) is 5.82 Å². The molecule has 0 aliphatic carbocycles. The third kappa shape index (κ3) is 2.67. The van der Waals surface area contributed by atoms with Gasteiger partial charge in [-0.15, -0.1) is 11.3 Å². The number of thiazole rings is 1. The van der Waals surface area contributed by atoms with Crippen molar-refractivity contribution < 1.29 is 0 Å². The SMILES string of the molecule is CNc1cc(N(C)Cc2scnc2C)nc(N)n1. The van der Waals surface area contributed by atoms with Crippen molar-refractivity contribution in [3.63, 3.8) is 0 Å². The zero-order chi connectivity index (χ0) is 13.1. The van der Waals surface area contributed by atoms with Crippen LogP contribution in [0.15, 0.2) is 11.6 Å². The van der Waals surface area contributed by atoms with Crippen molar-refractivity contribution in [2.24, 2.45) is 0 Å². The number of rotatable bonds is 4. The lowest BCUT2D eigenvalue weighted by atomic mass is 10.3. The van der Waals surface area contributed by atoms with E-state index in [1.165, 1.54) is 4.88 Å². The van der Waals surface area contributed by atoms with E-state index in [2.05, 4.69) is 20.3 Å². The molecule has 7 heteroatoms. The molecule has 0 fully saturated rings. The summed E-state index contributed by atoms with van der Waals surface area (Å²) in [6.07, 6.45) is 0. The zero-order valence-electron chi connectivity index (χ0n) is 10.6. The average molecular weight is 264 g/mol. The smallest absolute Gasteiger partial charge is 0.223 e. The molecule has 0 aliphatic heterocycles. The Balaban J connectivity index is 2.20. The topological polar surface area (TPSA) is 80.0 Å². The Morgan fingerprint density at radius 3 is 2.83 bits per heavy atom. The number of nitrogens with zero attached hydrogens (tertiary/aromatic N) is 4. The highest BCUT2D eigenvalue weighted by molar-refractivity contribution is 7.09. The molecule has 0 atom stereocenters. The molecule has 0 spiro atoms. The minimum atomic E-state index is 0.268. The zero-order valence-corrected chi connectivity index (χ0v) is 11.5. The molecular weight excluding hydrogens is 248 g/mol. The van der Waals surface area contributed by atoms with Gasteiger partial charge in [0, 0.05) is 25.0 Å². The maximum absolute atomic E-state index is 5.68. The van der Waals surface area contributed by atoms with Gasteiger partial charge in [0.1, 0.15) is 11.6 Å². The predicted molar refractivity (Wildman–Crippen MR) is 74.9 cm³/mol. The number of nitrogens with two attached hydrogens (primary N) is 1. The fourth-order valence-electron chi connectivity index (χ4n) is 1.55. The lowest BCUT2D eigenvalue weighted by Gasteiger charge is -2.18. The van der Waals surface area contributed by atoms with Gasteiger partial charge in [-0.25, -0.2) is 4.98 Å². The summed E-state index contributed by atoms with van der Waals surface area (Å²) in [6, 6.07) is 1.87. The van der Waals surface area contributed by atoms with Gasteiger partial charge in [-0.3, -0.25) is 0 Å². The molecule has 0 amide bonds. The first-order valence-corrected chi connectivity index (χ1v) is 6.40. The number of nitrogens with one attached hydrogen (secondary N) is 1. The molecule has 2 heterocycles. The summed E-state index contributed by atoms with van der Waals surface area (Å²) in [6.45, 7) is 2.77. The third-order valence-corrected chi connectivity index (χ3v) is 3.52. The van der Waals surface area contributed by atoms with E-state index in [9.17, 15) is 0 Å². The van der Waals surface area contributed by atoms with Crippen LogP contribution in [0.3, 0.4) is 0 Å². The van der Waals surface area contributed by atoms with Crippen LogP contribution in [-0.2, 0) is 6.54 Å². The molecule has 3 N–H and O–H groups in total. The molecule has 96 valence electrons. The molecule has 0 aromatic carbocycles. The lowest BCUT2D eigenvalue weighted by Crippen LogP contribution is -2.18. The van der Waals surface area contributed by atoms with E-state index in [4.69, 9.17) is 5.73 Å². The van der Waals surface area contributed by atoms with Crippen LogP contribution in [0.2, 0.25) is 0 Å². The molecule has 2 aromatic heterocycles. The van der Waals surface area contributed by atoms with Crippen molar-refractivity contribution >= 4 is 28.9 Å². The molecule has 0 saturated heterocycles. The first kappa shape index (κ1) is 12.6. The van der Waals surface area contributed by atoms with Crippen LogP contribution in [-0.4, -0.2) is 29.0 Å². The summed E-state index contributed by atoms with van der Waals surface area (Å²) in [5.41, 5.74) is 8.59. The van der Waals surface area contributed by atoms with E-state index in [-0.39, 0.29) is 5.95 Å². The summed E-state index contributed by atoms with van der Waals surface area (Å²) >= 11 is 1.64. The Bertz CT molecular complexity index is 538. The van der Waals surface area contributed by atoms with Crippen LogP contribution in [0.4, 0.5) is 17.6 Å². The molecule has 2 rings (SSSR count). The van der Waals surface area contributed by atoms with Crippen LogP contribution < -0.4 is 16.0 Å². The molecule has 0 bridgehead atoms. The number of aryl methyl sites for hydroxylation is 1. The Labute approximate surface area is 110 Å². The summed E-state index contributed by atoms with van der Waals surface area (Å²) in [5.74, 6) is 1.77. The number of hydrogen-bond acceptors (Lipinski definition) is 7. The van der Waals surface area contributed by atoms with E-state index in [1.54, 1.807) is 18.4 Å². The van der Waals surface area contributed by atoms with Gasteiger partial charge in [-0.1, -0.05) is 0 Å². The minimum Gasteiger partial charge on any atom is -0.373 e. The van der Waals surface area contributed by atoms with Crippen LogP contribution >= 0.6 is 11.3 Å². The Morgan fingerprint density at radius 1 is 1.44 bits per heavy atom. The second kappa shape index (κ2) is 5.18. The Kier molecular flexibility index (Phi) is 3.61. The van der Waals surface area contributed by atoms with E-state index >= 15 is 0 Å². The highest BCUT2D eigenvalue weighted by Gasteiger charge is 2.09. The average Bonchev–Trinajstić information content (AvgIpc) is 2.74. The van der Waals surface area contributed by atoms with Gasteiger partial charge in [0.2, 0.25) is 5.95 Å². The van der Waals surface area contributed by atoms with Gasteiger partial charge in [-0.05, 0) is 6.92 Å². The molecule has 0 saturated carbocycles. The molecule has 2 aromatic rings. The molecule has 0 aliphatic rings. The first-order valence-electron chi connectivity index (χ1n) is 5.52. The molecule has 6 nitrogen and oxygen atoms in total. The van der Waals surface area contributed by atoms with Crippen molar-refractivity contribution in [3.8, 4) is 0 Å². The summed E-state index contributed by atoms with van der Waals surface area (Å²) in [5, 5.41) is 2.97. The van der Waals surface area contributed by atoms with Gasteiger partial charge in [0.05, 0.1) is 17.7 Å². The van der Waals surface area contributed by atoms with Crippen molar-refractivity contribution in [1.29, 1.82) is 0 Å². The maximum atomic E-state index is 5.68. The fraction of sp³-hybridized carbons (Fsp3) is 0.364. The van der Waals surface area contributed by atoms with Crippen molar-refractivity contribution in [2.45, 2.75) is 13.5 Å². The van der Waals surface area contributed by atoms with Gasteiger partial charge in [0.25, 0.3) is 0 Å². The summed E-state index contributed by atoms with van der Waals surface area (Å²) in [4.78, 5) is 15.8. The van der Waals surface area contributed by atoms with Crippen LogP contribution in [0.1, 0.15) is 10.6 Å². The van der Waals surface area contributed by atoms with Crippen molar-refractivity contribution in [3.05, 3.63) is 22.1 Å². The predicted octanol–water partition coefficient (Wildman–Crippen LogP) is 1.50. The Morgan fingerprint density at radius 2 is 2.22 bits per heavy atom. The largest absolute Gasteiger partial charge is 0.373 e. The van der Waals surface area contributed by atoms with Gasteiger partial charge < -0.3 is 16.0 Å². The normalized spacial score (nSPS) is 10.4. The van der Waals surface area contributed by atoms with Gasteiger partial charge in [-0.2, -0.15) is 9.97 Å². The third-order valence-electron chi connectivity index (χ3n) is 2.60. The maximum Gasteiger partial charge on any atom is 0.223 e. The van der Waals surface area contributed by atoms with Crippen LogP contribution in [0.25, 0.3) is 0 Å². The van der Waals surface area contributed by atoms with Crippen LogP contribution in [0.5, 0.6) is 0 Å². The van der Waals surface area contributed by atoms with Crippen LogP contribution in [0, 0.1) is 6.92 Å². The lowest BCUT2D eigenvalue weighted by molar-refractivity contribution is 0.897. The van der Waals surface area contributed by atoms with E-state index in [1.807, 2.05) is 30.4 Å². The second-order valence-electron chi connectivity index (χ2n) is 3.94. The number of anilines is 3. The van der Waals surface area contributed by atoms with Gasteiger partial charge in [0.15, 0.2) is 0 Å². The summed E-state index contributed by atoms with van der Waals surface area (Å²) < 4.78 is 0. The first-order chi connectivity index (χ1) is 8.60. The monoisotopic (exact) mass is 264 g/mol.